The fourth-order valence-corrected chi connectivity index (χ4v) is 5.11. The third kappa shape index (κ3) is 4.83. The van der Waals surface area contributed by atoms with E-state index in [-0.39, 0.29) is 5.52 Å². The number of phenols is 1. The zero-order chi connectivity index (χ0) is 23.7. The average Bonchev–Trinajstić information content (AvgIpc) is 3.50. The molecule has 0 aliphatic carbocycles. The molecule has 0 spiro atoms. The minimum Gasteiger partial charge on any atom is -0.507 e. The van der Waals surface area contributed by atoms with Crippen LogP contribution in [-0.2, 0) is 19.3 Å². The van der Waals surface area contributed by atoms with Gasteiger partial charge in [-0.1, -0.05) is 12.1 Å². The minimum absolute atomic E-state index is 0.0756. The van der Waals surface area contributed by atoms with Gasteiger partial charge in [0.15, 0.2) is 0 Å². The highest BCUT2D eigenvalue weighted by atomic mass is 19.4. The summed E-state index contributed by atoms with van der Waals surface area (Å²) in [7, 11) is 0. The number of halogens is 3. The number of pyridine rings is 1. The zero-order valence-corrected chi connectivity index (χ0v) is 19.0. The molecule has 34 heavy (non-hydrogen) atoms. The molecule has 2 N–H and O–H groups in total. The van der Waals surface area contributed by atoms with Crippen LogP contribution in [0.15, 0.2) is 42.6 Å². The Balaban J connectivity index is 1.52. The molecule has 2 saturated heterocycles. The van der Waals surface area contributed by atoms with E-state index in [4.69, 9.17) is 0 Å². The number of aromatic hydroxyl groups is 1. The molecule has 5 nitrogen and oxygen atoms in total. The Kier molecular flexibility index (Phi) is 6.36. The predicted molar refractivity (Wildman–Crippen MR) is 127 cm³/mol. The Morgan fingerprint density at radius 1 is 0.882 bits per heavy atom. The lowest BCUT2D eigenvalue weighted by Crippen LogP contribution is -2.20. The SMILES string of the molecule is Oc1c(CN2CCCC2)cc(Nc2ccnc3c(C(F)(F)F)cccc23)cc1CN1CCCC1. The van der Waals surface area contributed by atoms with Crippen molar-refractivity contribution in [3.8, 4) is 5.75 Å². The first-order valence-corrected chi connectivity index (χ1v) is 11.9. The van der Waals surface area contributed by atoms with Gasteiger partial charge in [-0.2, -0.15) is 13.2 Å². The molecule has 0 bridgehead atoms. The number of likely N-dealkylation sites (tertiary alicyclic amines) is 2. The van der Waals surface area contributed by atoms with Crippen molar-refractivity contribution in [3.05, 3.63) is 59.3 Å². The standard InChI is InChI=1S/C26H29F3N4O/c27-26(28,29)22-7-5-6-21-23(8-9-30-24(21)22)31-20-14-18(16-32-10-1-2-11-32)25(34)19(15-20)17-33-12-3-4-13-33/h5-9,14-15,34H,1-4,10-13,16-17H2,(H,30,31). The van der Waals surface area contributed by atoms with Crippen LogP contribution in [0.4, 0.5) is 24.5 Å². The van der Waals surface area contributed by atoms with E-state index in [0.717, 1.165) is 74.7 Å². The van der Waals surface area contributed by atoms with E-state index >= 15 is 0 Å². The van der Waals surface area contributed by atoms with Crippen LogP contribution in [0.2, 0.25) is 0 Å². The second-order valence-corrected chi connectivity index (χ2v) is 9.29. The van der Waals surface area contributed by atoms with E-state index in [1.807, 2.05) is 12.1 Å². The van der Waals surface area contributed by atoms with Crippen molar-refractivity contribution in [3.63, 3.8) is 0 Å². The van der Waals surface area contributed by atoms with Gasteiger partial charge in [0.2, 0.25) is 0 Å². The largest absolute Gasteiger partial charge is 0.507 e. The van der Waals surface area contributed by atoms with E-state index in [9.17, 15) is 18.3 Å². The van der Waals surface area contributed by atoms with E-state index in [0.29, 0.717) is 29.9 Å². The smallest absolute Gasteiger partial charge is 0.418 e. The number of aromatic nitrogens is 1. The first-order chi connectivity index (χ1) is 16.4. The van der Waals surface area contributed by atoms with Gasteiger partial charge >= 0.3 is 6.18 Å². The van der Waals surface area contributed by atoms with Gasteiger partial charge in [0.05, 0.1) is 11.1 Å². The Hall–Kier alpha value is -2.84. The van der Waals surface area contributed by atoms with E-state index in [1.54, 1.807) is 12.1 Å². The summed E-state index contributed by atoms with van der Waals surface area (Å²) in [6.07, 6.45) is 1.55. The van der Waals surface area contributed by atoms with Gasteiger partial charge in [-0.3, -0.25) is 14.8 Å². The number of fused-ring (bicyclic) bond motifs is 1. The number of phenolic OH excluding ortho intramolecular Hbond substituents is 1. The molecule has 0 saturated carbocycles. The van der Waals surface area contributed by atoms with Crippen molar-refractivity contribution < 1.29 is 18.3 Å². The molecular formula is C26H29F3N4O. The molecule has 0 unspecified atom stereocenters. The van der Waals surface area contributed by atoms with E-state index in [2.05, 4.69) is 20.1 Å². The summed E-state index contributed by atoms with van der Waals surface area (Å²) in [5.74, 6) is 0.322. The number of para-hydroxylation sites is 1. The fourth-order valence-electron chi connectivity index (χ4n) is 5.11. The van der Waals surface area contributed by atoms with Crippen molar-refractivity contribution in [2.24, 2.45) is 0 Å². The molecule has 180 valence electrons. The first-order valence-electron chi connectivity index (χ1n) is 11.9. The highest BCUT2D eigenvalue weighted by Gasteiger charge is 2.33. The molecule has 1 aromatic heterocycles. The second-order valence-electron chi connectivity index (χ2n) is 9.29. The maximum Gasteiger partial charge on any atom is 0.418 e. The van der Waals surface area contributed by atoms with Crippen LogP contribution < -0.4 is 5.32 Å². The lowest BCUT2D eigenvalue weighted by Gasteiger charge is -2.22. The van der Waals surface area contributed by atoms with Gasteiger partial charge in [-0.25, -0.2) is 0 Å². The summed E-state index contributed by atoms with van der Waals surface area (Å²) in [6, 6.07) is 9.64. The maximum absolute atomic E-state index is 13.5. The lowest BCUT2D eigenvalue weighted by atomic mass is 10.0. The van der Waals surface area contributed by atoms with Gasteiger partial charge < -0.3 is 10.4 Å². The minimum atomic E-state index is -4.48. The van der Waals surface area contributed by atoms with Crippen molar-refractivity contribution in [2.45, 2.75) is 44.9 Å². The molecule has 0 radical (unpaired) electrons. The Labute approximate surface area is 197 Å². The Morgan fingerprint density at radius 2 is 1.47 bits per heavy atom. The van der Waals surface area contributed by atoms with Crippen molar-refractivity contribution in [2.75, 3.05) is 31.5 Å². The molecule has 2 aliphatic rings. The van der Waals surface area contributed by atoms with Gasteiger partial charge in [0, 0.05) is 47.2 Å². The molecule has 2 aliphatic heterocycles. The highest BCUT2D eigenvalue weighted by Crippen LogP contribution is 2.37. The van der Waals surface area contributed by atoms with Crippen molar-refractivity contribution >= 4 is 22.3 Å². The molecule has 0 amide bonds. The number of nitrogens with one attached hydrogen (secondary N) is 1. The predicted octanol–water partition coefficient (Wildman–Crippen LogP) is 5.89. The van der Waals surface area contributed by atoms with Crippen LogP contribution in [0.5, 0.6) is 5.75 Å². The number of rotatable bonds is 6. The third-order valence-electron chi connectivity index (χ3n) is 6.81. The molecule has 3 heterocycles. The fraction of sp³-hybridized carbons (Fsp3) is 0.423. The normalized spacial score (nSPS) is 17.6. The van der Waals surface area contributed by atoms with E-state index < -0.39 is 11.7 Å². The zero-order valence-electron chi connectivity index (χ0n) is 19.0. The number of alkyl halides is 3. The Bertz CT molecular complexity index is 1130. The first kappa shape index (κ1) is 22.9. The van der Waals surface area contributed by atoms with Gasteiger partial charge in [0.25, 0.3) is 0 Å². The average molecular weight is 471 g/mol. The maximum atomic E-state index is 13.5. The molecule has 2 fully saturated rings. The van der Waals surface area contributed by atoms with Crippen LogP contribution >= 0.6 is 0 Å². The molecule has 5 rings (SSSR count). The number of benzene rings is 2. The Morgan fingerprint density at radius 3 is 2.03 bits per heavy atom. The van der Waals surface area contributed by atoms with Gasteiger partial charge in [-0.15, -0.1) is 0 Å². The van der Waals surface area contributed by atoms with Gasteiger partial charge in [0.1, 0.15) is 5.75 Å². The third-order valence-corrected chi connectivity index (χ3v) is 6.81. The monoisotopic (exact) mass is 470 g/mol. The number of hydrogen-bond acceptors (Lipinski definition) is 5. The molecule has 3 aromatic rings. The van der Waals surface area contributed by atoms with Crippen LogP contribution in [0, 0.1) is 0 Å². The van der Waals surface area contributed by atoms with Crippen LogP contribution in [0.1, 0.15) is 42.4 Å². The molecule has 8 heteroatoms. The lowest BCUT2D eigenvalue weighted by molar-refractivity contribution is -0.136. The molecular weight excluding hydrogens is 441 g/mol. The quantitative estimate of drug-likeness (QED) is 0.440. The number of nitrogens with zero attached hydrogens (tertiary/aromatic N) is 3. The summed E-state index contributed by atoms with van der Waals surface area (Å²) in [4.78, 5) is 8.68. The van der Waals surface area contributed by atoms with Crippen molar-refractivity contribution in [1.82, 2.24) is 14.8 Å². The summed E-state index contributed by atoms with van der Waals surface area (Å²) in [5.41, 5.74) is 2.18. The summed E-state index contributed by atoms with van der Waals surface area (Å²) < 4.78 is 40.5. The second kappa shape index (κ2) is 9.43. The van der Waals surface area contributed by atoms with Gasteiger partial charge in [-0.05, 0) is 76.1 Å². The number of anilines is 2. The number of hydrogen-bond donors (Lipinski definition) is 2. The van der Waals surface area contributed by atoms with Crippen LogP contribution in [0.25, 0.3) is 10.9 Å². The van der Waals surface area contributed by atoms with E-state index in [1.165, 1.54) is 12.3 Å². The van der Waals surface area contributed by atoms with Crippen molar-refractivity contribution in [1.29, 1.82) is 0 Å². The topological polar surface area (TPSA) is 51.6 Å². The van der Waals surface area contributed by atoms with Crippen LogP contribution in [-0.4, -0.2) is 46.1 Å². The summed E-state index contributed by atoms with van der Waals surface area (Å²) >= 11 is 0. The molecule has 2 aromatic carbocycles. The summed E-state index contributed by atoms with van der Waals surface area (Å²) in [5, 5.41) is 14.8. The van der Waals surface area contributed by atoms with Crippen LogP contribution in [0.3, 0.4) is 0 Å². The highest BCUT2D eigenvalue weighted by molar-refractivity contribution is 5.95. The summed E-state index contributed by atoms with van der Waals surface area (Å²) in [6.45, 7) is 5.34. The molecule has 0 atom stereocenters.